The molecule has 4 saturated carbocycles. The maximum atomic E-state index is 13.7. The molecule has 5 aliphatic rings. The highest BCUT2D eigenvalue weighted by atomic mass is 32.2. The quantitative estimate of drug-likeness (QED) is 0.234. The molecule has 10 heteroatoms. The van der Waals surface area contributed by atoms with Crippen molar-refractivity contribution in [3.8, 4) is 0 Å². The topological polar surface area (TPSA) is 91.3 Å². The third kappa shape index (κ3) is 4.97. The van der Waals surface area contributed by atoms with Crippen molar-refractivity contribution in [2.45, 2.75) is 50.2 Å². The minimum atomic E-state index is -4.00. The van der Waals surface area contributed by atoms with E-state index < -0.39 is 23.3 Å². The van der Waals surface area contributed by atoms with Crippen LogP contribution in [-0.4, -0.2) is 35.7 Å². The van der Waals surface area contributed by atoms with E-state index in [9.17, 15) is 18.4 Å². The fraction of sp³-hybridized carbons (Fsp3) is 0.714. The monoisotopic (exact) mass is 460 g/mol. The molecule has 5 rings (SSSR count). The number of carbonyl (C=O) groups is 2. The predicted molar refractivity (Wildman–Crippen MR) is 105 cm³/mol. The SMILES string of the molecule is O=C(OCC12CC3CC(C1)CC(COC(=O)C(F)(F)SOOO)(C3)C2)C1C=CC=CC1. The third-order valence-electron chi connectivity index (χ3n) is 7.02. The number of esters is 2. The minimum Gasteiger partial charge on any atom is -0.465 e. The van der Waals surface area contributed by atoms with Crippen molar-refractivity contribution in [1.82, 2.24) is 0 Å². The van der Waals surface area contributed by atoms with Crippen molar-refractivity contribution in [3.05, 3.63) is 24.3 Å². The summed E-state index contributed by atoms with van der Waals surface area (Å²) < 4.78 is 41.9. The van der Waals surface area contributed by atoms with E-state index in [0.717, 1.165) is 32.1 Å². The molecule has 0 radical (unpaired) electrons. The second kappa shape index (κ2) is 8.80. The molecule has 0 amide bonds. The van der Waals surface area contributed by atoms with Crippen molar-refractivity contribution >= 4 is 24.0 Å². The van der Waals surface area contributed by atoms with Gasteiger partial charge < -0.3 is 9.47 Å². The number of ether oxygens (including phenoxy) is 2. The molecular formula is C21H26F2O7S. The molecule has 172 valence electrons. The van der Waals surface area contributed by atoms with Crippen LogP contribution in [0.2, 0.25) is 0 Å². The van der Waals surface area contributed by atoms with Gasteiger partial charge in [0, 0.05) is 10.8 Å². The number of alkyl halides is 2. The molecule has 7 nitrogen and oxygen atoms in total. The summed E-state index contributed by atoms with van der Waals surface area (Å²) in [4.78, 5) is 24.3. The molecule has 3 unspecified atom stereocenters. The normalized spacial score (nSPS) is 35.9. The summed E-state index contributed by atoms with van der Waals surface area (Å²) in [6.07, 6.45) is 13.4. The predicted octanol–water partition coefficient (Wildman–Crippen LogP) is 4.45. The van der Waals surface area contributed by atoms with Gasteiger partial charge in [-0.15, -0.1) is 4.33 Å². The highest BCUT2D eigenvalue weighted by Gasteiger charge is 2.59. The lowest BCUT2D eigenvalue weighted by atomic mass is 9.44. The Morgan fingerprint density at radius 3 is 2.29 bits per heavy atom. The molecule has 0 spiro atoms. The molecule has 0 aromatic heterocycles. The fourth-order valence-electron chi connectivity index (χ4n) is 6.47. The first-order chi connectivity index (χ1) is 14.7. The van der Waals surface area contributed by atoms with E-state index in [0.29, 0.717) is 31.3 Å². The van der Waals surface area contributed by atoms with Crippen molar-refractivity contribution in [3.63, 3.8) is 0 Å². The van der Waals surface area contributed by atoms with Crippen LogP contribution in [0.25, 0.3) is 0 Å². The van der Waals surface area contributed by atoms with E-state index in [4.69, 9.17) is 14.7 Å². The molecule has 5 aliphatic carbocycles. The van der Waals surface area contributed by atoms with Gasteiger partial charge in [0.05, 0.1) is 19.1 Å². The number of hydrogen-bond donors (Lipinski definition) is 1. The minimum absolute atomic E-state index is 0.110. The molecule has 0 aliphatic heterocycles. The van der Waals surface area contributed by atoms with Crippen LogP contribution in [0, 0.1) is 28.6 Å². The van der Waals surface area contributed by atoms with Gasteiger partial charge in [0.1, 0.15) is 12.0 Å². The van der Waals surface area contributed by atoms with Gasteiger partial charge in [-0.25, -0.2) is 10.1 Å². The molecule has 0 aromatic carbocycles. The van der Waals surface area contributed by atoms with Gasteiger partial charge in [-0.05, 0) is 56.8 Å². The Labute approximate surface area is 183 Å². The van der Waals surface area contributed by atoms with E-state index >= 15 is 0 Å². The second-order valence-electron chi connectivity index (χ2n) is 9.54. The average molecular weight is 460 g/mol. The zero-order valence-electron chi connectivity index (χ0n) is 17.0. The Morgan fingerprint density at radius 2 is 1.71 bits per heavy atom. The number of carbonyl (C=O) groups excluding carboxylic acids is 2. The number of rotatable bonds is 9. The van der Waals surface area contributed by atoms with Crippen molar-refractivity contribution < 1.29 is 42.5 Å². The molecule has 31 heavy (non-hydrogen) atoms. The van der Waals surface area contributed by atoms with E-state index in [1.165, 1.54) is 0 Å². The summed E-state index contributed by atoms with van der Waals surface area (Å²) >= 11 is -0.620. The van der Waals surface area contributed by atoms with E-state index in [1.54, 1.807) is 0 Å². The van der Waals surface area contributed by atoms with Crippen LogP contribution in [0.4, 0.5) is 8.78 Å². The van der Waals surface area contributed by atoms with Gasteiger partial charge in [-0.1, -0.05) is 29.3 Å². The summed E-state index contributed by atoms with van der Waals surface area (Å²) in [5.41, 5.74) is -0.569. The largest absolute Gasteiger partial charge is 0.465 e. The van der Waals surface area contributed by atoms with Crippen LogP contribution < -0.4 is 0 Å². The Hall–Kier alpha value is -1.49. The second-order valence-corrected chi connectivity index (χ2v) is 10.4. The van der Waals surface area contributed by atoms with E-state index in [-0.39, 0.29) is 29.3 Å². The molecule has 0 saturated heterocycles. The lowest BCUT2D eigenvalue weighted by Crippen LogP contribution is -2.55. The third-order valence-corrected chi connectivity index (χ3v) is 7.53. The number of allylic oxidation sites excluding steroid dienone is 3. The molecule has 1 N–H and O–H groups in total. The summed E-state index contributed by atoms with van der Waals surface area (Å²) in [6, 6.07) is 0. The van der Waals surface area contributed by atoms with Crippen molar-refractivity contribution in [1.29, 1.82) is 0 Å². The van der Waals surface area contributed by atoms with Gasteiger partial charge in [-0.3, -0.25) is 4.79 Å². The van der Waals surface area contributed by atoms with Crippen LogP contribution in [0.1, 0.15) is 44.9 Å². The summed E-state index contributed by atoms with van der Waals surface area (Å²) in [7, 11) is 0. The van der Waals surface area contributed by atoms with Crippen molar-refractivity contribution in [2.75, 3.05) is 13.2 Å². The maximum absolute atomic E-state index is 13.7. The fourth-order valence-corrected chi connectivity index (χ4v) is 6.71. The molecule has 0 heterocycles. The maximum Gasteiger partial charge on any atom is 0.415 e. The Kier molecular flexibility index (Phi) is 6.44. The zero-order chi connectivity index (χ0) is 22.1. The summed E-state index contributed by atoms with van der Waals surface area (Å²) in [5, 5.41) is 7.16. The molecule has 4 fully saturated rings. The van der Waals surface area contributed by atoms with Gasteiger partial charge in [-0.2, -0.15) is 8.78 Å². The molecular weight excluding hydrogens is 434 g/mol. The highest BCUT2D eigenvalue weighted by Crippen LogP contribution is 2.65. The van der Waals surface area contributed by atoms with Crippen LogP contribution >= 0.6 is 12.0 Å². The highest BCUT2D eigenvalue weighted by molar-refractivity contribution is 7.96. The van der Waals surface area contributed by atoms with Crippen LogP contribution in [-0.2, 0) is 28.4 Å². The van der Waals surface area contributed by atoms with Gasteiger partial charge in [0.15, 0.2) is 0 Å². The first-order valence-corrected chi connectivity index (χ1v) is 11.2. The first-order valence-electron chi connectivity index (χ1n) is 10.5. The first kappa shape index (κ1) is 22.7. The Balaban J connectivity index is 1.37. The van der Waals surface area contributed by atoms with E-state index in [1.807, 2.05) is 24.3 Å². The zero-order valence-corrected chi connectivity index (χ0v) is 17.8. The standard InChI is InChI=1S/C21H26F2O7S/c22-21(23,31-30-29-26)18(25)28-13-20-9-14-6-15(10-20)8-19(7-14,11-20)12-27-17(24)16-4-2-1-3-5-16/h1-4,14-16,26H,5-13H2. The lowest BCUT2D eigenvalue weighted by Gasteiger charge is -2.61. The van der Waals surface area contributed by atoms with Crippen LogP contribution in [0.5, 0.6) is 0 Å². The van der Waals surface area contributed by atoms with Gasteiger partial charge in [0.2, 0.25) is 0 Å². The smallest absolute Gasteiger partial charge is 0.415 e. The van der Waals surface area contributed by atoms with Crippen molar-refractivity contribution in [2.24, 2.45) is 28.6 Å². The number of hydrogen-bond acceptors (Lipinski definition) is 8. The Bertz CT molecular complexity index is 755. The lowest BCUT2D eigenvalue weighted by molar-refractivity contribution is -0.433. The summed E-state index contributed by atoms with van der Waals surface area (Å²) in [6.45, 7) is 0.205. The van der Waals surface area contributed by atoms with Gasteiger partial charge in [0.25, 0.3) is 0 Å². The molecule has 3 atom stereocenters. The van der Waals surface area contributed by atoms with Crippen LogP contribution in [0.3, 0.4) is 0 Å². The van der Waals surface area contributed by atoms with E-state index in [2.05, 4.69) is 9.37 Å². The van der Waals surface area contributed by atoms with Crippen LogP contribution in [0.15, 0.2) is 24.3 Å². The Morgan fingerprint density at radius 1 is 1.06 bits per heavy atom. The molecule has 0 aromatic rings. The molecule has 4 bridgehead atoms. The average Bonchev–Trinajstić information content (AvgIpc) is 2.74. The van der Waals surface area contributed by atoms with Gasteiger partial charge >= 0.3 is 17.2 Å². The summed E-state index contributed by atoms with van der Waals surface area (Å²) in [5.74, 6) is -1.41. The number of halogens is 2.